The minimum absolute atomic E-state index is 0.337. The lowest BCUT2D eigenvalue weighted by atomic mass is 10.3. The first-order valence-electron chi connectivity index (χ1n) is 3.93. The molecule has 0 bridgehead atoms. The topological polar surface area (TPSA) is 68.5 Å². The summed E-state index contributed by atoms with van der Waals surface area (Å²) in [7, 11) is 1.38. The second-order valence-electron chi connectivity index (χ2n) is 2.60. The van der Waals surface area contributed by atoms with Gasteiger partial charge in [-0.1, -0.05) is 0 Å². The van der Waals surface area contributed by atoms with Crippen LogP contribution in [0.25, 0.3) is 5.52 Å². The Labute approximate surface area is 79.5 Å². The van der Waals surface area contributed by atoms with E-state index in [1.54, 1.807) is 23.1 Å². The zero-order valence-electron chi connectivity index (χ0n) is 7.47. The highest BCUT2D eigenvalue weighted by molar-refractivity contribution is 5.99. The molecule has 6 heteroatoms. The molecule has 0 aromatic carbocycles. The largest absolute Gasteiger partial charge is 0.278 e. The Morgan fingerprint density at radius 2 is 2.43 bits per heavy atom. The predicted octanol–water partition coefficient (Wildman–Crippen LogP) is 0.0205. The van der Waals surface area contributed by atoms with Gasteiger partial charge in [0.1, 0.15) is 0 Å². The molecule has 6 nitrogen and oxygen atoms in total. The maximum absolute atomic E-state index is 11.4. The Bertz CT molecular complexity index is 465. The first-order valence-corrected chi connectivity index (χ1v) is 3.93. The molecule has 0 saturated carbocycles. The van der Waals surface area contributed by atoms with Crippen molar-refractivity contribution < 1.29 is 9.63 Å². The SMILES string of the molecule is CONC(=O)c1cnn2ccncc12. The molecule has 2 rings (SSSR count). The summed E-state index contributed by atoms with van der Waals surface area (Å²) in [6.45, 7) is 0. The number of fused-ring (bicyclic) bond motifs is 1. The molecular formula is C8H8N4O2. The molecule has 72 valence electrons. The molecule has 14 heavy (non-hydrogen) atoms. The molecule has 0 aliphatic rings. The van der Waals surface area contributed by atoms with Crippen LogP contribution in [-0.4, -0.2) is 27.6 Å². The van der Waals surface area contributed by atoms with Gasteiger partial charge in [-0.3, -0.25) is 14.6 Å². The first-order chi connectivity index (χ1) is 6.83. The zero-order valence-corrected chi connectivity index (χ0v) is 7.47. The third-order valence-electron chi connectivity index (χ3n) is 1.76. The Morgan fingerprint density at radius 3 is 3.21 bits per heavy atom. The average molecular weight is 192 g/mol. The second kappa shape index (κ2) is 3.43. The lowest BCUT2D eigenvalue weighted by molar-refractivity contribution is 0.0539. The summed E-state index contributed by atoms with van der Waals surface area (Å²) >= 11 is 0. The molecule has 2 aromatic rings. The van der Waals surface area contributed by atoms with Gasteiger partial charge >= 0.3 is 0 Å². The lowest BCUT2D eigenvalue weighted by Crippen LogP contribution is -2.21. The van der Waals surface area contributed by atoms with Gasteiger partial charge in [0.15, 0.2) is 0 Å². The molecule has 0 saturated heterocycles. The first kappa shape index (κ1) is 8.64. The van der Waals surface area contributed by atoms with Crippen LogP contribution in [-0.2, 0) is 4.84 Å². The van der Waals surface area contributed by atoms with Crippen LogP contribution >= 0.6 is 0 Å². The molecule has 0 radical (unpaired) electrons. The predicted molar refractivity (Wildman–Crippen MR) is 47.5 cm³/mol. The molecule has 0 unspecified atom stereocenters. The van der Waals surface area contributed by atoms with Gasteiger partial charge in [-0.15, -0.1) is 0 Å². The number of carbonyl (C=O) groups excluding carboxylic acids is 1. The summed E-state index contributed by atoms with van der Waals surface area (Å²) in [6.07, 6.45) is 6.29. The van der Waals surface area contributed by atoms with Crippen molar-refractivity contribution in [1.82, 2.24) is 20.1 Å². The molecule has 0 aliphatic heterocycles. The van der Waals surface area contributed by atoms with Crippen molar-refractivity contribution in [2.24, 2.45) is 0 Å². The molecule has 1 N–H and O–H groups in total. The number of nitrogens with one attached hydrogen (secondary N) is 1. The van der Waals surface area contributed by atoms with E-state index in [9.17, 15) is 4.79 Å². The maximum Gasteiger partial charge on any atom is 0.278 e. The number of rotatable bonds is 2. The van der Waals surface area contributed by atoms with Crippen LogP contribution in [0.2, 0.25) is 0 Å². The average Bonchev–Trinajstić information content (AvgIpc) is 2.61. The summed E-state index contributed by atoms with van der Waals surface area (Å²) in [4.78, 5) is 19.8. The monoisotopic (exact) mass is 192 g/mol. The molecule has 0 atom stereocenters. The van der Waals surface area contributed by atoms with E-state index in [2.05, 4.69) is 20.4 Å². The number of hydroxylamine groups is 1. The van der Waals surface area contributed by atoms with E-state index in [0.29, 0.717) is 11.1 Å². The van der Waals surface area contributed by atoms with Crippen molar-refractivity contribution in [1.29, 1.82) is 0 Å². The standard InChI is InChI=1S/C8H8N4O2/c1-14-11-8(13)6-4-10-12-3-2-9-5-7(6)12/h2-5H,1H3,(H,11,13). The fourth-order valence-electron chi connectivity index (χ4n) is 1.16. The number of hydrogen-bond donors (Lipinski definition) is 1. The van der Waals surface area contributed by atoms with Gasteiger partial charge in [0, 0.05) is 12.4 Å². The summed E-state index contributed by atoms with van der Waals surface area (Å²) in [5.41, 5.74) is 3.29. The molecule has 0 spiro atoms. The zero-order chi connectivity index (χ0) is 9.97. The van der Waals surface area contributed by atoms with Crippen molar-refractivity contribution in [2.45, 2.75) is 0 Å². The summed E-state index contributed by atoms with van der Waals surface area (Å²) < 4.78 is 1.57. The van der Waals surface area contributed by atoms with E-state index in [4.69, 9.17) is 0 Å². The van der Waals surface area contributed by atoms with E-state index in [0.717, 1.165) is 0 Å². The lowest BCUT2D eigenvalue weighted by Gasteiger charge is -1.98. The minimum atomic E-state index is -0.337. The van der Waals surface area contributed by atoms with Crippen molar-refractivity contribution in [3.05, 3.63) is 30.4 Å². The normalized spacial score (nSPS) is 10.4. The highest BCUT2D eigenvalue weighted by Crippen LogP contribution is 2.07. The third-order valence-corrected chi connectivity index (χ3v) is 1.76. The number of amides is 1. The number of hydrogen-bond acceptors (Lipinski definition) is 4. The van der Waals surface area contributed by atoms with E-state index in [-0.39, 0.29) is 5.91 Å². The van der Waals surface area contributed by atoms with Crippen LogP contribution in [0, 0.1) is 0 Å². The van der Waals surface area contributed by atoms with Crippen LogP contribution in [0.4, 0.5) is 0 Å². The second-order valence-corrected chi connectivity index (χ2v) is 2.60. The fourth-order valence-corrected chi connectivity index (χ4v) is 1.16. The van der Waals surface area contributed by atoms with Crippen LogP contribution in [0.15, 0.2) is 24.8 Å². The quantitative estimate of drug-likeness (QED) is 0.681. The molecule has 2 heterocycles. The summed E-state index contributed by atoms with van der Waals surface area (Å²) in [5, 5.41) is 3.98. The molecule has 0 fully saturated rings. The smallest absolute Gasteiger partial charge is 0.277 e. The van der Waals surface area contributed by atoms with Gasteiger partial charge in [-0.25, -0.2) is 10.00 Å². The van der Waals surface area contributed by atoms with Gasteiger partial charge in [0.05, 0.1) is 30.6 Å². The third kappa shape index (κ3) is 1.31. The fraction of sp³-hybridized carbons (Fsp3) is 0.125. The van der Waals surface area contributed by atoms with Crippen LogP contribution in [0.5, 0.6) is 0 Å². The van der Waals surface area contributed by atoms with Crippen molar-refractivity contribution in [3.63, 3.8) is 0 Å². The van der Waals surface area contributed by atoms with Crippen molar-refractivity contribution in [2.75, 3.05) is 7.11 Å². The molecule has 0 aliphatic carbocycles. The van der Waals surface area contributed by atoms with E-state index in [1.165, 1.54) is 13.3 Å². The van der Waals surface area contributed by atoms with E-state index < -0.39 is 0 Å². The van der Waals surface area contributed by atoms with Crippen molar-refractivity contribution >= 4 is 11.4 Å². The molecule has 2 aromatic heterocycles. The van der Waals surface area contributed by atoms with Crippen molar-refractivity contribution in [3.8, 4) is 0 Å². The highest BCUT2D eigenvalue weighted by atomic mass is 16.6. The number of carbonyl (C=O) groups is 1. The minimum Gasteiger partial charge on any atom is -0.277 e. The highest BCUT2D eigenvalue weighted by Gasteiger charge is 2.11. The maximum atomic E-state index is 11.4. The van der Waals surface area contributed by atoms with Gasteiger partial charge in [-0.05, 0) is 0 Å². The number of nitrogens with zero attached hydrogens (tertiary/aromatic N) is 3. The molecular weight excluding hydrogens is 184 g/mol. The van der Waals surface area contributed by atoms with Crippen LogP contribution < -0.4 is 5.48 Å². The van der Waals surface area contributed by atoms with E-state index >= 15 is 0 Å². The van der Waals surface area contributed by atoms with Crippen LogP contribution in [0.1, 0.15) is 10.4 Å². The van der Waals surface area contributed by atoms with Gasteiger partial charge in [-0.2, -0.15) is 5.10 Å². The summed E-state index contributed by atoms with van der Waals surface area (Å²) in [5.74, 6) is -0.337. The van der Waals surface area contributed by atoms with Gasteiger partial charge in [0.25, 0.3) is 5.91 Å². The Morgan fingerprint density at radius 1 is 1.57 bits per heavy atom. The Hall–Kier alpha value is -1.95. The van der Waals surface area contributed by atoms with Gasteiger partial charge in [0.2, 0.25) is 0 Å². The number of aromatic nitrogens is 3. The van der Waals surface area contributed by atoms with E-state index in [1.807, 2.05) is 0 Å². The van der Waals surface area contributed by atoms with Gasteiger partial charge < -0.3 is 0 Å². The Balaban J connectivity index is 2.47. The summed E-state index contributed by atoms with van der Waals surface area (Å²) in [6, 6.07) is 0. The van der Waals surface area contributed by atoms with Crippen LogP contribution in [0.3, 0.4) is 0 Å². The molecule has 1 amide bonds. The Kier molecular flexibility index (Phi) is 2.11.